The van der Waals surface area contributed by atoms with Crippen LogP contribution in [0.2, 0.25) is 0 Å². The molecule has 0 aromatic heterocycles. The molecule has 0 nitrogen and oxygen atoms in total. The molecule has 0 fully saturated rings. The Bertz CT molecular complexity index is 223. The molecule has 0 aromatic rings. The van der Waals surface area contributed by atoms with Crippen LogP contribution in [0.1, 0.15) is 0 Å². The number of allylic oxidation sites excluding steroid dienone is 6. The zero-order valence-corrected chi connectivity index (χ0v) is 9.70. The molecule has 2 bridgehead atoms. The third-order valence-corrected chi connectivity index (χ3v) is 4.16. The van der Waals surface area contributed by atoms with E-state index in [-0.39, 0.29) is 0 Å². The molecule has 0 spiro atoms. The van der Waals surface area contributed by atoms with Gasteiger partial charge in [-0.15, -0.1) is 0 Å². The fraction of sp³-hybridized carbons (Fsp3) is 0.400. The van der Waals surface area contributed by atoms with Gasteiger partial charge in [0.05, 0.1) is 0 Å². The highest BCUT2D eigenvalue weighted by atomic mass is 79.9. The fourth-order valence-electron chi connectivity index (χ4n) is 1.53. The summed E-state index contributed by atoms with van der Waals surface area (Å²) in [6.07, 6.45) is 13.6. The maximum absolute atomic E-state index is 3.64. The molecule has 0 heterocycles. The Labute approximate surface area is 89.7 Å². The van der Waals surface area contributed by atoms with E-state index in [0.717, 1.165) is 0 Å². The minimum absolute atomic E-state index is 0.468. The van der Waals surface area contributed by atoms with Gasteiger partial charge in [-0.3, -0.25) is 0 Å². The van der Waals surface area contributed by atoms with Crippen molar-refractivity contribution in [3.8, 4) is 0 Å². The Hall–Kier alpha value is 0.180. The SMILES string of the molecule is Br[C@@H]1C=C[C@@H]2C=C[C@@H]1C=C[C@H]2Br. The second-order valence-electron chi connectivity index (χ2n) is 3.20. The zero-order valence-electron chi connectivity index (χ0n) is 6.53. The second-order valence-corrected chi connectivity index (χ2v) is 5.31. The zero-order chi connectivity index (χ0) is 8.55. The van der Waals surface area contributed by atoms with Crippen LogP contribution in [-0.4, -0.2) is 9.65 Å². The van der Waals surface area contributed by atoms with E-state index < -0.39 is 0 Å². The van der Waals surface area contributed by atoms with E-state index in [4.69, 9.17) is 0 Å². The molecule has 0 N–H and O–H groups in total. The normalized spacial score (nSPS) is 44.5. The molecular weight excluding hydrogens is 280 g/mol. The third-order valence-electron chi connectivity index (χ3n) is 2.33. The highest BCUT2D eigenvalue weighted by Crippen LogP contribution is 2.30. The molecule has 2 heteroatoms. The molecule has 2 rings (SSSR count). The molecule has 0 radical (unpaired) electrons. The lowest BCUT2D eigenvalue weighted by Gasteiger charge is -2.14. The number of hydrogen-bond acceptors (Lipinski definition) is 0. The molecule has 12 heavy (non-hydrogen) atoms. The molecule has 2 aliphatic rings. The Morgan fingerprint density at radius 3 is 1.33 bits per heavy atom. The van der Waals surface area contributed by atoms with E-state index in [9.17, 15) is 0 Å². The standard InChI is InChI=1S/C10H10Br2/c11-9-6-4-8-2-1-7(9)3-5-10(8)12/h1-10H/t7-,8+,9-,10-/m1/s1. The lowest BCUT2D eigenvalue weighted by atomic mass is 10.0. The van der Waals surface area contributed by atoms with Crippen LogP contribution < -0.4 is 0 Å². The summed E-state index contributed by atoms with van der Waals surface area (Å²) in [5.41, 5.74) is 0. The fourth-order valence-corrected chi connectivity index (χ4v) is 2.59. The van der Waals surface area contributed by atoms with Crippen LogP contribution >= 0.6 is 31.9 Å². The van der Waals surface area contributed by atoms with E-state index in [1.807, 2.05) is 0 Å². The first-order chi connectivity index (χ1) is 5.77. The van der Waals surface area contributed by atoms with E-state index in [1.165, 1.54) is 0 Å². The average molecular weight is 290 g/mol. The van der Waals surface area contributed by atoms with Gasteiger partial charge in [0.2, 0.25) is 0 Å². The van der Waals surface area contributed by atoms with Crippen molar-refractivity contribution in [1.29, 1.82) is 0 Å². The van der Waals surface area contributed by atoms with Crippen LogP contribution in [0, 0.1) is 11.8 Å². The Balaban J connectivity index is 2.35. The lowest BCUT2D eigenvalue weighted by Crippen LogP contribution is -2.09. The van der Waals surface area contributed by atoms with Crippen LogP contribution in [0.5, 0.6) is 0 Å². The summed E-state index contributed by atoms with van der Waals surface area (Å²) in [4.78, 5) is 0.935. The molecule has 0 saturated heterocycles. The van der Waals surface area contributed by atoms with Crippen LogP contribution in [0.15, 0.2) is 36.5 Å². The molecular formula is C10H10Br2. The number of halogens is 2. The molecule has 4 atom stereocenters. The van der Waals surface area contributed by atoms with Crippen molar-refractivity contribution in [2.75, 3.05) is 0 Å². The monoisotopic (exact) mass is 288 g/mol. The lowest BCUT2D eigenvalue weighted by molar-refractivity contribution is 0.840. The molecule has 0 aliphatic heterocycles. The molecule has 0 aromatic carbocycles. The van der Waals surface area contributed by atoms with Gasteiger partial charge in [-0.05, 0) is 0 Å². The molecule has 0 saturated carbocycles. The number of rotatable bonds is 0. The first kappa shape index (κ1) is 8.76. The maximum Gasteiger partial charge on any atom is 0.0423 e. The van der Waals surface area contributed by atoms with E-state index in [0.29, 0.717) is 21.5 Å². The highest BCUT2D eigenvalue weighted by molar-refractivity contribution is 9.09. The number of alkyl halides is 2. The minimum Gasteiger partial charge on any atom is -0.0835 e. The van der Waals surface area contributed by atoms with Crippen molar-refractivity contribution >= 4 is 31.9 Å². The first-order valence-corrected chi connectivity index (χ1v) is 5.93. The summed E-state index contributed by atoms with van der Waals surface area (Å²) < 4.78 is 0. The van der Waals surface area contributed by atoms with Crippen molar-refractivity contribution in [2.24, 2.45) is 11.8 Å². The van der Waals surface area contributed by atoms with Crippen molar-refractivity contribution in [3.05, 3.63) is 36.5 Å². The van der Waals surface area contributed by atoms with Gasteiger partial charge in [-0.1, -0.05) is 68.3 Å². The smallest absolute Gasteiger partial charge is 0.0423 e. The van der Waals surface area contributed by atoms with Gasteiger partial charge in [0.1, 0.15) is 0 Å². The van der Waals surface area contributed by atoms with Crippen molar-refractivity contribution in [2.45, 2.75) is 9.65 Å². The number of hydrogen-bond donors (Lipinski definition) is 0. The number of fused-ring (bicyclic) bond motifs is 2. The van der Waals surface area contributed by atoms with Gasteiger partial charge >= 0.3 is 0 Å². The molecule has 0 unspecified atom stereocenters. The van der Waals surface area contributed by atoms with Crippen molar-refractivity contribution in [1.82, 2.24) is 0 Å². The summed E-state index contributed by atoms with van der Waals surface area (Å²) in [6, 6.07) is 0. The summed E-state index contributed by atoms with van der Waals surface area (Å²) in [5, 5.41) is 0. The predicted molar refractivity (Wildman–Crippen MR) is 59.8 cm³/mol. The molecule has 64 valence electrons. The van der Waals surface area contributed by atoms with Crippen LogP contribution in [0.25, 0.3) is 0 Å². The van der Waals surface area contributed by atoms with Gasteiger partial charge in [-0.2, -0.15) is 0 Å². The Morgan fingerprint density at radius 2 is 0.917 bits per heavy atom. The van der Waals surface area contributed by atoms with Gasteiger partial charge in [-0.25, -0.2) is 0 Å². The first-order valence-electron chi connectivity index (χ1n) is 4.10. The third kappa shape index (κ3) is 1.60. The van der Waals surface area contributed by atoms with Crippen molar-refractivity contribution in [3.63, 3.8) is 0 Å². The van der Waals surface area contributed by atoms with Crippen LogP contribution in [0.4, 0.5) is 0 Å². The second kappa shape index (κ2) is 3.51. The van der Waals surface area contributed by atoms with Gasteiger partial charge in [0.25, 0.3) is 0 Å². The van der Waals surface area contributed by atoms with E-state index >= 15 is 0 Å². The summed E-state index contributed by atoms with van der Waals surface area (Å²) in [6.45, 7) is 0. The topological polar surface area (TPSA) is 0 Å². The summed E-state index contributed by atoms with van der Waals surface area (Å²) >= 11 is 7.28. The Morgan fingerprint density at radius 1 is 0.583 bits per heavy atom. The molecule has 2 aliphatic carbocycles. The summed E-state index contributed by atoms with van der Waals surface area (Å²) in [7, 11) is 0. The largest absolute Gasteiger partial charge is 0.0835 e. The quantitative estimate of drug-likeness (QED) is 0.473. The van der Waals surface area contributed by atoms with E-state index in [1.54, 1.807) is 0 Å². The van der Waals surface area contributed by atoms with E-state index in [2.05, 4.69) is 68.3 Å². The van der Waals surface area contributed by atoms with Gasteiger partial charge in [0.15, 0.2) is 0 Å². The highest BCUT2D eigenvalue weighted by Gasteiger charge is 2.21. The predicted octanol–water partition coefficient (Wildman–Crippen LogP) is 3.44. The minimum atomic E-state index is 0.468. The molecule has 0 amide bonds. The van der Waals surface area contributed by atoms with Crippen molar-refractivity contribution < 1.29 is 0 Å². The summed E-state index contributed by atoms with van der Waals surface area (Å²) in [5.74, 6) is 1.04. The van der Waals surface area contributed by atoms with Crippen LogP contribution in [-0.2, 0) is 0 Å². The van der Waals surface area contributed by atoms with Gasteiger partial charge < -0.3 is 0 Å². The average Bonchev–Trinajstić information content (AvgIpc) is 2.33. The van der Waals surface area contributed by atoms with Crippen LogP contribution in [0.3, 0.4) is 0 Å². The van der Waals surface area contributed by atoms with Gasteiger partial charge in [0, 0.05) is 21.5 Å². The Kier molecular flexibility index (Phi) is 2.56. The maximum atomic E-state index is 3.64.